The number of hydrogen-bond donors (Lipinski definition) is 4. The van der Waals surface area contributed by atoms with E-state index in [1.807, 2.05) is 36.4 Å². The lowest BCUT2D eigenvalue weighted by Crippen LogP contribution is -2.45. The average molecular weight is 405 g/mol. The van der Waals surface area contributed by atoms with Crippen LogP contribution in [0.15, 0.2) is 30.3 Å². The summed E-state index contributed by atoms with van der Waals surface area (Å²) < 4.78 is 0. The smallest absolute Gasteiger partial charge is 0.316 e. The number of halogens is 1. The van der Waals surface area contributed by atoms with E-state index in [2.05, 4.69) is 16.0 Å². The van der Waals surface area contributed by atoms with Crippen LogP contribution in [-0.4, -0.2) is 31.1 Å². The van der Waals surface area contributed by atoms with Crippen molar-refractivity contribution in [2.75, 3.05) is 18.4 Å². The van der Waals surface area contributed by atoms with Gasteiger partial charge in [0.1, 0.15) is 4.88 Å². The quantitative estimate of drug-likeness (QED) is 0.613. The Morgan fingerprint density at radius 1 is 1.26 bits per heavy atom. The molecular weight excluding hydrogens is 384 g/mol. The van der Waals surface area contributed by atoms with Gasteiger partial charge in [-0.05, 0) is 49.2 Å². The first-order valence-electron chi connectivity index (χ1n) is 8.67. The van der Waals surface area contributed by atoms with Crippen LogP contribution >= 0.6 is 22.9 Å². The van der Waals surface area contributed by atoms with Crippen LogP contribution in [-0.2, 0) is 0 Å². The van der Waals surface area contributed by atoms with Crippen molar-refractivity contribution < 1.29 is 9.59 Å². The van der Waals surface area contributed by atoms with Crippen molar-refractivity contribution in [1.29, 1.82) is 0 Å². The van der Waals surface area contributed by atoms with Crippen molar-refractivity contribution in [3.05, 3.63) is 50.7 Å². The number of amides is 3. The van der Waals surface area contributed by atoms with Gasteiger partial charge in [-0.15, -0.1) is 11.3 Å². The molecule has 3 rings (SSSR count). The van der Waals surface area contributed by atoms with E-state index >= 15 is 0 Å². The van der Waals surface area contributed by atoms with E-state index in [4.69, 9.17) is 17.3 Å². The van der Waals surface area contributed by atoms with Gasteiger partial charge in [0, 0.05) is 22.5 Å². The molecule has 0 bridgehead atoms. The normalized spacial score (nSPS) is 17.0. The molecular formula is C19H21ClN4O2S. The van der Waals surface area contributed by atoms with Gasteiger partial charge >= 0.3 is 6.03 Å². The third-order valence-corrected chi connectivity index (χ3v) is 5.51. The molecule has 1 aliphatic heterocycles. The Morgan fingerprint density at radius 3 is 2.70 bits per heavy atom. The molecule has 0 radical (unpaired) electrons. The number of urea groups is 1. The minimum absolute atomic E-state index is 0.0860. The number of benzene rings is 1. The van der Waals surface area contributed by atoms with Gasteiger partial charge in [-0.2, -0.15) is 0 Å². The van der Waals surface area contributed by atoms with Gasteiger partial charge in [-0.3, -0.25) is 4.79 Å². The minimum atomic E-state index is -0.700. The number of piperidine rings is 1. The number of primary amides is 1. The van der Waals surface area contributed by atoms with E-state index in [1.165, 1.54) is 11.3 Å². The molecule has 27 heavy (non-hydrogen) atoms. The number of carbonyl (C=O) groups excluding carboxylic acids is 2. The fourth-order valence-corrected chi connectivity index (χ4v) is 3.91. The second-order valence-corrected chi connectivity index (χ2v) is 7.80. The minimum Gasteiger partial charge on any atom is -0.351 e. The fourth-order valence-electron chi connectivity index (χ4n) is 2.86. The van der Waals surface area contributed by atoms with Crippen molar-refractivity contribution in [2.24, 2.45) is 5.73 Å². The van der Waals surface area contributed by atoms with Crippen LogP contribution in [0.2, 0.25) is 5.02 Å². The lowest BCUT2D eigenvalue weighted by Gasteiger charge is -2.23. The molecule has 5 N–H and O–H groups in total. The van der Waals surface area contributed by atoms with Crippen LogP contribution in [0.5, 0.6) is 0 Å². The van der Waals surface area contributed by atoms with E-state index in [1.54, 1.807) is 6.07 Å². The maximum atomic E-state index is 12.7. The molecule has 6 nitrogen and oxygen atoms in total. The third kappa shape index (κ3) is 5.56. The number of nitrogens with one attached hydrogen (secondary N) is 3. The second kappa shape index (κ2) is 9.03. The summed E-state index contributed by atoms with van der Waals surface area (Å²) in [4.78, 5) is 25.3. The van der Waals surface area contributed by atoms with Gasteiger partial charge in [-0.25, -0.2) is 4.79 Å². The maximum Gasteiger partial charge on any atom is 0.316 e. The summed E-state index contributed by atoms with van der Waals surface area (Å²) in [5.41, 5.74) is 6.65. The van der Waals surface area contributed by atoms with E-state index in [-0.39, 0.29) is 11.9 Å². The van der Waals surface area contributed by atoms with Crippen molar-refractivity contribution >= 4 is 52.7 Å². The molecule has 1 aliphatic rings. The van der Waals surface area contributed by atoms with E-state index in [9.17, 15) is 9.59 Å². The van der Waals surface area contributed by atoms with Crippen molar-refractivity contribution in [1.82, 2.24) is 10.6 Å². The van der Waals surface area contributed by atoms with E-state index < -0.39 is 6.03 Å². The number of thiophene rings is 1. The zero-order chi connectivity index (χ0) is 19.2. The maximum absolute atomic E-state index is 12.7. The highest BCUT2D eigenvalue weighted by atomic mass is 35.5. The Kier molecular flexibility index (Phi) is 6.49. The van der Waals surface area contributed by atoms with Crippen LogP contribution in [0.25, 0.3) is 12.2 Å². The summed E-state index contributed by atoms with van der Waals surface area (Å²) in [5.74, 6) is -0.205. The van der Waals surface area contributed by atoms with Crippen molar-refractivity contribution in [2.45, 2.75) is 18.9 Å². The number of rotatable bonds is 5. The summed E-state index contributed by atoms with van der Waals surface area (Å²) in [6, 6.07) is 8.56. The first kappa shape index (κ1) is 19.4. The number of hydrogen-bond acceptors (Lipinski definition) is 4. The highest BCUT2D eigenvalue weighted by molar-refractivity contribution is 7.15. The zero-order valence-corrected chi connectivity index (χ0v) is 16.2. The molecule has 142 valence electrons. The predicted octanol–water partition coefficient (Wildman–Crippen LogP) is 3.54. The Bertz CT molecular complexity index is 842. The first-order chi connectivity index (χ1) is 13.0. The van der Waals surface area contributed by atoms with Crippen LogP contribution < -0.4 is 21.7 Å². The Balaban J connectivity index is 1.78. The Hall–Kier alpha value is -2.35. The highest BCUT2D eigenvalue weighted by Crippen LogP contribution is 2.29. The monoisotopic (exact) mass is 404 g/mol. The molecule has 1 aromatic carbocycles. The summed E-state index contributed by atoms with van der Waals surface area (Å²) >= 11 is 7.20. The zero-order valence-electron chi connectivity index (χ0n) is 14.6. The van der Waals surface area contributed by atoms with Gasteiger partial charge in [0.05, 0.1) is 5.69 Å². The molecule has 0 aliphatic carbocycles. The molecule has 0 saturated carbocycles. The molecule has 1 saturated heterocycles. The summed E-state index contributed by atoms with van der Waals surface area (Å²) in [6.45, 7) is 1.72. The van der Waals surface area contributed by atoms with Crippen molar-refractivity contribution in [3.8, 4) is 0 Å². The van der Waals surface area contributed by atoms with E-state index in [0.717, 1.165) is 36.4 Å². The summed E-state index contributed by atoms with van der Waals surface area (Å²) in [6.07, 6.45) is 5.77. The van der Waals surface area contributed by atoms with Gasteiger partial charge in [0.15, 0.2) is 0 Å². The summed E-state index contributed by atoms with van der Waals surface area (Å²) in [5, 5.41) is 9.50. The van der Waals surface area contributed by atoms with Crippen LogP contribution in [0, 0.1) is 0 Å². The number of anilines is 1. The Morgan fingerprint density at radius 2 is 2.04 bits per heavy atom. The fraction of sp³-hybridized carbons (Fsp3) is 0.263. The molecule has 0 unspecified atom stereocenters. The van der Waals surface area contributed by atoms with Crippen LogP contribution in [0.3, 0.4) is 0 Å². The number of nitrogens with two attached hydrogens (primary N) is 1. The average Bonchev–Trinajstić information content (AvgIpc) is 3.04. The number of carbonyl (C=O) groups is 2. The highest BCUT2D eigenvalue weighted by Gasteiger charge is 2.21. The van der Waals surface area contributed by atoms with Crippen molar-refractivity contribution in [3.63, 3.8) is 0 Å². The van der Waals surface area contributed by atoms with Gasteiger partial charge < -0.3 is 21.7 Å². The summed E-state index contributed by atoms with van der Waals surface area (Å²) in [7, 11) is 0. The molecule has 1 aromatic heterocycles. The van der Waals surface area contributed by atoms with E-state index in [0.29, 0.717) is 15.6 Å². The predicted molar refractivity (Wildman–Crippen MR) is 111 cm³/mol. The molecule has 0 spiro atoms. The van der Waals surface area contributed by atoms with Crippen LogP contribution in [0.1, 0.15) is 33.0 Å². The molecule has 8 heteroatoms. The third-order valence-electron chi connectivity index (χ3n) is 4.16. The second-order valence-electron chi connectivity index (χ2n) is 6.28. The SMILES string of the molecule is NC(=O)Nc1cc(C=Cc2ccc(Cl)cc2)sc1C(=O)N[C@H]1CCCNC1. The Labute approximate surface area is 166 Å². The lowest BCUT2D eigenvalue weighted by atomic mass is 10.1. The first-order valence-corrected chi connectivity index (χ1v) is 9.86. The van der Waals surface area contributed by atoms with Gasteiger partial charge in [-0.1, -0.05) is 29.8 Å². The molecule has 2 aromatic rings. The largest absolute Gasteiger partial charge is 0.351 e. The standard InChI is InChI=1S/C19H21ClN4O2S/c20-13-6-3-12(4-7-13)5-8-15-10-16(24-19(21)26)17(27-15)18(25)23-14-2-1-9-22-11-14/h3-8,10,14,22H,1-2,9,11H2,(H,23,25)(H3,21,24,26)/t14-/m0/s1. The molecule has 2 heterocycles. The molecule has 1 atom stereocenters. The molecule has 1 fully saturated rings. The lowest BCUT2D eigenvalue weighted by molar-refractivity contribution is 0.0935. The molecule has 3 amide bonds. The topological polar surface area (TPSA) is 96.2 Å². The van der Waals surface area contributed by atoms with Crippen LogP contribution in [0.4, 0.5) is 10.5 Å². The van der Waals surface area contributed by atoms with Gasteiger partial charge in [0.25, 0.3) is 5.91 Å². The van der Waals surface area contributed by atoms with Gasteiger partial charge in [0.2, 0.25) is 0 Å².